The number of hydrogen-bond donors (Lipinski definition) is 1. The molecule has 0 aliphatic carbocycles. The van der Waals surface area contributed by atoms with E-state index in [-0.39, 0.29) is 6.04 Å². The van der Waals surface area contributed by atoms with Crippen LogP contribution >= 0.6 is 0 Å². The third kappa shape index (κ3) is 2.89. The summed E-state index contributed by atoms with van der Waals surface area (Å²) in [5.74, 6) is 0. The Morgan fingerprint density at radius 1 is 1.45 bits per heavy atom. The Kier molecular flexibility index (Phi) is 4.86. The Hall–Kier alpha value is -0.570. The van der Waals surface area contributed by atoms with Crippen LogP contribution in [0, 0.1) is 0 Å². The average molecular weight is 158 g/mol. The van der Waals surface area contributed by atoms with Crippen LogP contribution in [-0.4, -0.2) is 28.7 Å². The van der Waals surface area contributed by atoms with Crippen molar-refractivity contribution in [3.63, 3.8) is 0 Å². The van der Waals surface area contributed by atoms with E-state index in [1.54, 1.807) is 6.41 Å². The monoisotopic (exact) mass is 158 g/mol. The zero-order valence-electron chi connectivity index (χ0n) is 7.37. The van der Waals surface area contributed by atoms with Crippen LogP contribution in [-0.2, 0) is 4.79 Å². The molecule has 1 radical (unpaired) electrons. The van der Waals surface area contributed by atoms with Crippen molar-refractivity contribution in [2.75, 3.05) is 0 Å². The summed E-state index contributed by atoms with van der Waals surface area (Å²) in [4.78, 5) is 11.7. The third-order valence-corrected chi connectivity index (χ3v) is 1.86. The molecule has 1 N–H and O–H groups in total. The van der Waals surface area contributed by atoms with Crippen molar-refractivity contribution in [3.05, 3.63) is 0 Å². The maximum absolute atomic E-state index is 10.3. The molecule has 65 valence electrons. The number of amides is 1. The molecule has 2 atom stereocenters. The van der Waals surface area contributed by atoms with Crippen molar-refractivity contribution in [2.24, 2.45) is 0 Å². The van der Waals surface area contributed by atoms with Gasteiger partial charge >= 0.3 is 6.41 Å². The number of nitrogens with zero attached hydrogens (tertiary/aromatic N) is 1. The SMILES string of the molecule is CCC(C)N([C]=O)C(O)CC. The lowest BCUT2D eigenvalue weighted by molar-refractivity contribution is 0.0261. The number of rotatable bonds is 5. The van der Waals surface area contributed by atoms with Gasteiger partial charge in [0.25, 0.3) is 0 Å². The molecule has 0 fully saturated rings. The van der Waals surface area contributed by atoms with Crippen molar-refractivity contribution < 1.29 is 9.90 Å². The number of aliphatic hydroxyl groups is 1. The molecule has 0 aromatic heterocycles. The molecule has 2 unspecified atom stereocenters. The van der Waals surface area contributed by atoms with Crippen LogP contribution in [0.5, 0.6) is 0 Å². The van der Waals surface area contributed by atoms with Gasteiger partial charge in [-0.15, -0.1) is 0 Å². The molecule has 0 heterocycles. The molecule has 0 aliphatic rings. The zero-order chi connectivity index (χ0) is 8.85. The smallest absolute Gasteiger partial charge is 0.314 e. The highest BCUT2D eigenvalue weighted by atomic mass is 16.3. The van der Waals surface area contributed by atoms with E-state index in [9.17, 15) is 9.90 Å². The largest absolute Gasteiger partial charge is 0.374 e. The molecule has 11 heavy (non-hydrogen) atoms. The van der Waals surface area contributed by atoms with Crippen molar-refractivity contribution in [1.82, 2.24) is 4.90 Å². The van der Waals surface area contributed by atoms with Gasteiger partial charge in [-0.3, -0.25) is 4.79 Å². The summed E-state index contributed by atoms with van der Waals surface area (Å²) in [5.41, 5.74) is 0. The minimum absolute atomic E-state index is 0.0717. The van der Waals surface area contributed by atoms with Gasteiger partial charge in [0.1, 0.15) is 6.23 Å². The molecule has 0 saturated carbocycles. The molecular weight excluding hydrogens is 142 g/mol. The van der Waals surface area contributed by atoms with E-state index in [4.69, 9.17) is 0 Å². The lowest BCUT2D eigenvalue weighted by Gasteiger charge is -2.27. The second-order valence-corrected chi connectivity index (χ2v) is 2.64. The molecule has 0 rings (SSSR count). The number of aliphatic hydroxyl groups excluding tert-OH is 1. The average Bonchev–Trinajstić information content (AvgIpc) is 2.05. The van der Waals surface area contributed by atoms with Gasteiger partial charge in [0.05, 0.1) is 0 Å². The Balaban J connectivity index is 4.03. The molecular formula is C8H16NO2. The van der Waals surface area contributed by atoms with Crippen LogP contribution in [0.4, 0.5) is 0 Å². The van der Waals surface area contributed by atoms with E-state index < -0.39 is 6.23 Å². The predicted molar refractivity (Wildman–Crippen MR) is 43.6 cm³/mol. The fourth-order valence-electron chi connectivity index (χ4n) is 0.838. The Morgan fingerprint density at radius 2 is 2.00 bits per heavy atom. The lowest BCUT2D eigenvalue weighted by atomic mass is 10.2. The summed E-state index contributed by atoms with van der Waals surface area (Å²) in [6, 6.07) is 0.0717. The number of hydrogen-bond acceptors (Lipinski definition) is 2. The van der Waals surface area contributed by atoms with Crippen LogP contribution in [0.3, 0.4) is 0 Å². The Bertz CT molecular complexity index is 107. The summed E-state index contributed by atoms with van der Waals surface area (Å²) in [6.45, 7) is 5.69. The fraction of sp³-hybridized carbons (Fsp3) is 0.875. The molecule has 3 heteroatoms. The summed E-state index contributed by atoms with van der Waals surface area (Å²) < 4.78 is 0. The Labute approximate surface area is 68.0 Å². The van der Waals surface area contributed by atoms with Crippen molar-refractivity contribution in [2.45, 2.75) is 45.9 Å². The highest BCUT2D eigenvalue weighted by Gasteiger charge is 2.17. The second kappa shape index (κ2) is 5.13. The Morgan fingerprint density at radius 3 is 2.27 bits per heavy atom. The first-order chi connectivity index (χ1) is 5.17. The maximum atomic E-state index is 10.3. The van der Waals surface area contributed by atoms with Gasteiger partial charge in [0.15, 0.2) is 0 Å². The molecule has 0 spiro atoms. The van der Waals surface area contributed by atoms with Gasteiger partial charge in [0.2, 0.25) is 0 Å². The van der Waals surface area contributed by atoms with Crippen molar-refractivity contribution in [1.29, 1.82) is 0 Å². The van der Waals surface area contributed by atoms with Gasteiger partial charge in [-0.2, -0.15) is 0 Å². The minimum atomic E-state index is -0.678. The molecule has 0 aromatic rings. The minimum Gasteiger partial charge on any atom is -0.374 e. The van der Waals surface area contributed by atoms with E-state index in [1.165, 1.54) is 4.90 Å². The van der Waals surface area contributed by atoms with Crippen LogP contribution in [0.15, 0.2) is 0 Å². The van der Waals surface area contributed by atoms with E-state index in [1.807, 2.05) is 20.8 Å². The highest BCUT2D eigenvalue weighted by Crippen LogP contribution is 2.06. The van der Waals surface area contributed by atoms with Gasteiger partial charge in [-0.25, -0.2) is 0 Å². The summed E-state index contributed by atoms with van der Waals surface area (Å²) in [5, 5.41) is 9.28. The molecule has 0 aliphatic heterocycles. The van der Waals surface area contributed by atoms with Crippen molar-refractivity contribution >= 4 is 6.41 Å². The zero-order valence-corrected chi connectivity index (χ0v) is 7.37. The third-order valence-electron chi connectivity index (χ3n) is 1.86. The molecule has 0 saturated heterocycles. The molecule has 1 amide bonds. The van der Waals surface area contributed by atoms with Crippen LogP contribution in [0.25, 0.3) is 0 Å². The second-order valence-electron chi connectivity index (χ2n) is 2.64. The first-order valence-corrected chi connectivity index (χ1v) is 4.01. The standard InChI is InChI=1S/C8H16NO2/c1-4-7(3)9(6-10)8(11)5-2/h7-8,11H,4-5H2,1-3H3. The van der Waals surface area contributed by atoms with E-state index in [2.05, 4.69) is 0 Å². The normalized spacial score (nSPS) is 15.6. The van der Waals surface area contributed by atoms with Gasteiger partial charge < -0.3 is 10.0 Å². The van der Waals surface area contributed by atoms with E-state index >= 15 is 0 Å². The topological polar surface area (TPSA) is 40.5 Å². The number of carbonyl (C=O) groups excluding carboxylic acids is 1. The van der Waals surface area contributed by atoms with E-state index in [0.717, 1.165) is 6.42 Å². The summed E-state index contributed by atoms with van der Waals surface area (Å²) >= 11 is 0. The van der Waals surface area contributed by atoms with E-state index in [0.29, 0.717) is 6.42 Å². The van der Waals surface area contributed by atoms with Crippen LogP contribution in [0.2, 0.25) is 0 Å². The first kappa shape index (κ1) is 10.4. The van der Waals surface area contributed by atoms with Crippen LogP contribution < -0.4 is 0 Å². The first-order valence-electron chi connectivity index (χ1n) is 4.01. The molecule has 3 nitrogen and oxygen atoms in total. The summed E-state index contributed by atoms with van der Waals surface area (Å²) in [6.07, 6.45) is 2.45. The van der Waals surface area contributed by atoms with Crippen molar-refractivity contribution in [3.8, 4) is 0 Å². The summed E-state index contributed by atoms with van der Waals surface area (Å²) in [7, 11) is 0. The van der Waals surface area contributed by atoms with Gasteiger partial charge in [0, 0.05) is 6.04 Å². The highest BCUT2D eigenvalue weighted by molar-refractivity contribution is 5.48. The fourth-order valence-corrected chi connectivity index (χ4v) is 0.838. The molecule has 0 aromatic carbocycles. The molecule has 0 bridgehead atoms. The lowest BCUT2D eigenvalue weighted by Crippen LogP contribution is -2.39. The van der Waals surface area contributed by atoms with Gasteiger partial charge in [-0.05, 0) is 19.8 Å². The maximum Gasteiger partial charge on any atom is 0.314 e. The van der Waals surface area contributed by atoms with Gasteiger partial charge in [-0.1, -0.05) is 13.8 Å². The predicted octanol–water partition coefficient (Wildman–Crippen LogP) is 0.883. The quantitative estimate of drug-likeness (QED) is 0.476. The van der Waals surface area contributed by atoms with Crippen LogP contribution in [0.1, 0.15) is 33.6 Å².